The Balaban J connectivity index is 2.52. The molecule has 1 fully saturated rings. The lowest BCUT2D eigenvalue weighted by Crippen LogP contribution is -2.44. The third kappa shape index (κ3) is 5.73. The molecule has 0 aromatic rings. The quantitative estimate of drug-likeness (QED) is 0.705. The van der Waals surface area contributed by atoms with Crippen LogP contribution in [-0.4, -0.2) is 28.2 Å². The maximum absolute atomic E-state index is 12.3. The normalized spacial score (nSPS) is 22.9. The first-order valence-corrected chi connectivity index (χ1v) is 8.15. The van der Waals surface area contributed by atoms with E-state index in [0.29, 0.717) is 23.2 Å². The number of carbonyl (C=O) groups excluding carboxylic acids is 1. The largest absolute Gasteiger partial charge is 0.340 e. The zero-order valence-corrected chi connectivity index (χ0v) is 13.9. The first-order valence-electron chi connectivity index (χ1n) is 7.23. The van der Waals surface area contributed by atoms with Crippen LogP contribution in [0.15, 0.2) is 0 Å². The van der Waals surface area contributed by atoms with Crippen LogP contribution in [0.2, 0.25) is 0 Å². The van der Waals surface area contributed by atoms with Crippen molar-refractivity contribution in [1.82, 2.24) is 4.90 Å². The van der Waals surface area contributed by atoms with E-state index in [1.165, 1.54) is 19.3 Å². The van der Waals surface area contributed by atoms with E-state index in [4.69, 9.17) is 0 Å². The molecule has 0 bridgehead atoms. The predicted molar refractivity (Wildman–Crippen MR) is 81.0 cm³/mol. The van der Waals surface area contributed by atoms with Gasteiger partial charge < -0.3 is 4.90 Å². The minimum absolute atomic E-state index is 0.254. The summed E-state index contributed by atoms with van der Waals surface area (Å²) in [5.41, 5.74) is 0.254. The van der Waals surface area contributed by atoms with E-state index < -0.39 is 0 Å². The second-order valence-electron chi connectivity index (χ2n) is 6.81. The molecule has 3 heteroatoms. The van der Waals surface area contributed by atoms with Crippen molar-refractivity contribution in [2.45, 2.75) is 77.1 Å². The van der Waals surface area contributed by atoms with Crippen LogP contribution in [-0.2, 0) is 4.79 Å². The Morgan fingerprint density at radius 1 is 1.39 bits per heavy atom. The molecule has 2 atom stereocenters. The summed E-state index contributed by atoms with van der Waals surface area (Å²) in [6, 6.07) is 0.459. The molecule has 1 aliphatic heterocycles. The number of alkyl halides is 1. The van der Waals surface area contributed by atoms with Gasteiger partial charge in [0, 0.05) is 23.8 Å². The van der Waals surface area contributed by atoms with Crippen LogP contribution < -0.4 is 0 Å². The van der Waals surface area contributed by atoms with Gasteiger partial charge >= 0.3 is 0 Å². The highest BCUT2D eigenvalue weighted by atomic mass is 79.9. The summed E-state index contributed by atoms with van der Waals surface area (Å²) >= 11 is 3.62. The molecule has 2 nitrogen and oxygen atoms in total. The van der Waals surface area contributed by atoms with Crippen molar-refractivity contribution in [2.24, 2.45) is 5.41 Å². The van der Waals surface area contributed by atoms with Crippen molar-refractivity contribution >= 4 is 21.8 Å². The van der Waals surface area contributed by atoms with E-state index in [1.54, 1.807) is 0 Å². The van der Waals surface area contributed by atoms with Crippen LogP contribution in [0.5, 0.6) is 0 Å². The maximum Gasteiger partial charge on any atom is 0.222 e. The predicted octanol–water partition coefficient (Wildman–Crippen LogP) is 4.37. The van der Waals surface area contributed by atoms with Gasteiger partial charge in [0.1, 0.15) is 0 Å². The summed E-state index contributed by atoms with van der Waals surface area (Å²) in [7, 11) is 0. The van der Waals surface area contributed by atoms with Gasteiger partial charge in [-0.05, 0) is 37.5 Å². The molecule has 1 saturated heterocycles. The number of nitrogens with zero attached hydrogens (tertiary/aromatic N) is 1. The van der Waals surface area contributed by atoms with Gasteiger partial charge in [0.2, 0.25) is 5.91 Å². The zero-order chi connectivity index (χ0) is 13.8. The van der Waals surface area contributed by atoms with E-state index in [9.17, 15) is 4.79 Å². The summed E-state index contributed by atoms with van der Waals surface area (Å²) in [5.74, 6) is 0.364. The highest BCUT2D eigenvalue weighted by Crippen LogP contribution is 2.26. The van der Waals surface area contributed by atoms with Gasteiger partial charge in [-0.25, -0.2) is 0 Å². The number of hydrogen-bond donors (Lipinski definition) is 0. The fourth-order valence-electron chi connectivity index (χ4n) is 2.57. The van der Waals surface area contributed by atoms with E-state index in [0.717, 1.165) is 19.4 Å². The fraction of sp³-hybridized carbons (Fsp3) is 0.933. The van der Waals surface area contributed by atoms with Gasteiger partial charge in [0.05, 0.1) is 0 Å². The first-order chi connectivity index (χ1) is 8.29. The topological polar surface area (TPSA) is 20.3 Å². The number of carbonyl (C=O) groups is 1. The Hall–Kier alpha value is -0.0500. The van der Waals surface area contributed by atoms with Crippen molar-refractivity contribution in [3.05, 3.63) is 0 Å². The van der Waals surface area contributed by atoms with Gasteiger partial charge in [-0.2, -0.15) is 0 Å². The summed E-state index contributed by atoms with van der Waals surface area (Å²) in [5, 5.41) is 0. The molecule has 0 saturated carbocycles. The molecular weight excluding hydrogens is 290 g/mol. The number of likely N-dealkylation sites (tertiary alicyclic amines) is 1. The molecule has 0 aliphatic carbocycles. The SMILES string of the molecule is CC(Br)CC1CCCCN1C(=O)CCC(C)(C)C. The van der Waals surface area contributed by atoms with E-state index in [2.05, 4.69) is 48.5 Å². The van der Waals surface area contributed by atoms with E-state index in [-0.39, 0.29) is 5.41 Å². The molecule has 0 aromatic carbocycles. The number of piperidine rings is 1. The van der Waals surface area contributed by atoms with Crippen molar-refractivity contribution in [3.63, 3.8) is 0 Å². The average molecular weight is 318 g/mol. The summed E-state index contributed by atoms with van der Waals surface area (Å²) in [4.78, 5) is 15.0. The highest BCUT2D eigenvalue weighted by Gasteiger charge is 2.27. The van der Waals surface area contributed by atoms with Gasteiger partial charge in [0.25, 0.3) is 0 Å². The molecular formula is C15H28BrNO. The Labute approximate surface area is 121 Å². The standard InChI is InChI=1S/C15H28BrNO/c1-12(16)11-13-7-5-6-10-17(13)14(18)8-9-15(2,3)4/h12-13H,5-11H2,1-4H3. The molecule has 2 unspecified atom stereocenters. The van der Waals surface area contributed by atoms with Crippen LogP contribution in [0, 0.1) is 5.41 Å². The Morgan fingerprint density at radius 2 is 2.06 bits per heavy atom. The summed E-state index contributed by atoms with van der Waals surface area (Å²) in [6.07, 6.45) is 6.40. The molecule has 0 spiro atoms. The number of halogens is 1. The Morgan fingerprint density at radius 3 is 2.61 bits per heavy atom. The smallest absolute Gasteiger partial charge is 0.222 e. The Kier molecular flexibility index (Phi) is 6.16. The Bertz CT molecular complexity index is 270. The van der Waals surface area contributed by atoms with Crippen molar-refractivity contribution < 1.29 is 4.79 Å². The second-order valence-corrected chi connectivity index (χ2v) is 8.38. The van der Waals surface area contributed by atoms with Gasteiger partial charge in [-0.15, -0.1) is 0 Å². The van der Waals surface area contributed by atoms with Gasteiger partial charge in [0.15, 0.2) is 0 Å². The zero-order valence-electron chi connectivity index (χ0n) is 12.3. The minimum Gasteiger partial charge on any atom is -0.340 e. The second kappa shape index (κ2) is 6.93. The van der Waals surface area contributed by atoms with E-state index >= 15 is 0 Å². The van der Waals surface area contributed by atoms with E-state index in [1.807, 2.05) is 0 Å². The van der Waals surface area contributed by atoms with Crippen LogP contribution in [0.4, 0.5) is 0 Å². The third-order valence-electron chi connectivity index (χ3n) is 3.63. The lowest BCUT2D eigenvalue weighted by atomic mass is 9.89. The third-order valence-corrected chi connectivity index (χ3v) is 4.01. The monoisotopic (exact) mass is 317 g/mol. The molecule has 18 heavy (non-hydrogen) atoms. The number of amides is 1. The maximum atomic E-state index is 12.3. The molecule has 0 radical (unpaired) electrons. The van der Waals surface area contributed by atoms with Crippen LogP contribution in [0.25, 0.3) is 0 Å². The average Bonchev–Trinajstić information content (AvgIpc) is 2.25. The first kappa shape index (κ1) is 16.0. The lowest BCUT2D eigenvalue weighted by Gasteiger charge is -2.37. The van der Waals surface area contributed by atoms with Crippen molar-refractivity contribution in [2.75, 3.05) is 6.54 Å². The van der Waals surface area contributed by atoms with Gasteiger partial charge in [-0.1, -0.05) is 43.6 Å². The molecule has 0 aromatic heterocycles. The molecule has 1 amide bonds. The molecule has 1 heterocycles. The number of rotatable bonds is 4. The molecule has 0 N–H and O–H groups in total. The summed E-state index contributed by atoms with van der Waals surface area (Å²) in [6.45, 7) is 9.75. The van der Waals surface area contributed by atoms with Gasteiger partial charge in [-0.3, -0.25) is 4.79 Å². The highest BCUT2D eigenvalue weighted by molar-refractivity contribution is 9.09. The number of hydrogen-bond acceptors (Lipinski definition) is 1. The molecule has 106 valence electrons. The van der Waals surface area contributed by atoms with Crippen molar-refractivity contribution in [3.8, 4) is 0 Å². The molecule has 1 rings (SSSR count). The van der Waals surface area contributed by atoms with Crippen LogP contribution in [0.1, 0.15) is 66.2 Å². The van der Waals surface area contributed by atoms with Crippen molar-refractivity contribution in [1.29, 1.82) is 0 Å². The fourth-order valence-corrected chi connectivity index (χ4v) is 3.01. The minimum atomic E-state index is 0.254. The van der Waals surface area contributed by atoms with Crippen LogP contribution in [0.3, 0.4) is 0 Å². The lowest BCUT2D eigenvalue weighted by molar-refractivity contribution is -0.135. The van der Waals surface area contributed by atoms with Crippen LogP contribution >= 0.6 is 15.9 Å². The summed E-state index contributed by atoms with van der Waals surface area (Å²) < 4.78 is 0. The molecule has 1 aliphatic rings.